The van der Waals surface area contributed by atoms with E-state index in [2.05, 4.69) is 240 Å². The SMILES string of the molecule is c1ccc(-c2cc(-c3ccc(N(c4ccccc4)c4ccc5ccccc5c4)cc3)cc(-c3ccc(N(c4ccccc4)c4ccc5c(c4)oc4ccccc45)cc3)c2)cc1. The molecule has 0 atom stereocenters. The Bertz CT molecular complexity index is 3280. The normalized spacial score (nSPS) is 11.3. The van der Waals surface area contributed by atoms with Crippen molar-refractivity contribution >= 4 is 66.8 Å². The lowest BCUT2D eigenvalue weighted by Crippen LogP contribution is -2.09. The molecular weight excluding hydrogens is 741 g/mol. The van der Waals surface area contributed by atoms with Gasteiger partial charge in [-0.3, -0.25) is 0 Å². The molecule has 0 aliphatic heterocycles. The van der Waals surface area contributed by atoms with Gasteiger partial charge in [-0.15, -0.1) is 0 Å². The van der Waals surface area contributed by atoms with Crippen LogP contribution in [-0.2, 0) is 0 Å². The molecule has 11 aromatic rings. The smallest absolute Gasteiger partial charge is 0.137 e. The first-order valence-electron chi connectivity index (χ1n) is 20.7. The van der Waals surface area contributed by atoms with Crippen molar-refractivity contribution in [1.82, 2.24) is 0 Å². The Morgan fingerprint density at radius 1 is 0.230 bits per heavy atom. The van der Waals surface area contributed by atoms with Crippen LogP contribution in [-0.4, -0.2) is 0 Å². The average Bonchev–Trinajstić information content (AvgIpc) is 3.71. The summed E-state index contributed by atoms with van der Waals surface area (Å²) in [5, 5.41) is 4.69. The van der Waals surface area contributed by atoms with Crippen LogP contribution in [0.4, 0.5) is 34.1 Å². The molecule has 0 unspecified atom stereocenters. The Labute approximate surface area is 355 Å². The van der Waals surface area contributed by atoms with Gasteiger partial charge < -0.3 is 14.2 Å². The summed E-state index contributed by atoms with van der Waals surface area (Å²) in [5.74, 6) is 0. The van der Waals surface area contributed by atoms with Crippen LogP contribution in [0.2, 0.25) is 0 Å². The number of para-hydroxylation sites is 3. The highest BCUT2D eigenvalue weighted by Gasteiger charge is 2.17. The van der Waals surface area contributed by atoms with Crippen molar-refractivity contribution in [3.05, 3.63) is 243 Å². The summed E-state index contributed by atoms with van der Waals surface area (Å²) in [7, 11) is 0. The lowest BCUT2D eigenvalue weighted by molar-refractivity contribution is 0.669. The highest BCUT2D eigenvalue weighted by molar-refractivity contribution is 6.06. The molecule has 3 heteroatoms. The fourth-order valence-electron chi connectivity index (χ4n) is 8.58. The third-order valence-electron chi connectivity index (χ3n) is 11.6. The molecule has 0 amide bonds. The van der Waals surface area contributed by atoms with Crippen molar-refractivity contribution < 1.29 is 4.42 Å². The molecule has 0 spiro atoms. The summed E-state index contributed by atoms with van der Waals surface area (Å²) >= 11 is 0. The number of rotatable bonds is 9. The lowest BCUT2D eigenvalue weighted by Gasteiger charge is -2.26. The topological polar surface area (TPSA) is 19.6 Å². The second kappa shape index (κ2) is 15.6. The van der Waals surface area contributed by atoms with Crippen LogP contribution in [0.5, 0.6) is 0 Å². The van der Waals surface area contributed by atoms with Crippen molar-refractivity contribution in [3.63, 3.8) is 0 Å². The van der Waals surface area contributed by atoms with Crippen LogP contribution in [0.15, 0.2) is 247 Å². The number of furan rings is 1. The molecule has 3 nitrogen and oxygen atoms in total. The Morgan fingerprint density at radius 3 is 1.23 bits per heavy atom. The van der Waals surface area contributed by atoms with E-state index in [1.54, 1.807) is 0 Å². The molecule has 0 saturated heterocycles. The Hall–Kier alpha value is -8.14. The minimum atomic E-state index is 0.871. The van der Waals surface area contributed by atoms with Gasteiger partial charge in [0.2, 0.25) is 0 Å². The maximum absolute atomic E-state index is 6.33. The number of fused-ring (bicyclic) bond motifs is 4. The van der Waals surface area contributed by atoms with E-state index in [1.165, 1.54) is 21.9 Å². The van der Waals surface area contributed by atoms with Crippen molar-refractivity contribution in [2.45, 2.75) is 0 Å². The van der Waals surface area contributed by atoms with Gasteiger partial charge in [0, 0.05) is 51.0 Å². The molecule has 1 aromatic heterocycles. The van der Waals surface area contributed by atoms with Crippen molar-refractivity contribution in [2.24, 2.45) is 0 Å². The molecule has 0 fully saturated rings. The summed E-state index contributed by atoms with van der Waals surface area (Å²) in [5.41, 5.74) is 15.3. The summed E-state index contributed by atoms with van der Waals surface area (Å²) < 4.78 is 6.33. The molecule has 0 bridgehead atoms. The zero-order chi connectivity index (χ0) is 40.5. The molecule has 288 valence electrons. The van der Waals surface area contributed by atoms with Gasteiger partial charge >= 0.3 is 0 Å². The Balaban J connectivity index is 0.968. The second-order valence-electron chi connectivity index (χ2n) is 15.4. The third kappa shape index (κ3) is 6.98. The summed E-state index contributed by atoms with van der Waals surface area (Å²) in [6, 6.07) is 86.6. The fraction of sp³-hybridized carbons (Fsp3) is 0. The van der Waals surface area contributed by atoms with Crippen LogP contribution < -0.4 is 9.80 Å². The highest BCUT2D eigenvalue weighted by atomic mass is 16.3. The number of nitrogens with zero attached hydrogens (tertiary/aromatic N) is 2. The van der Waals surface area contributed by atoms with Crippen molar-refractivity contribution in [3.8, 4) is 33.4 Å². The third-order valence-corrected chi connectivity index (χ3v) is 11.6. The minimum Gasteiger partial charge on any atom is -0.456 e. The molecule has 0 N–H and O–H groups in total. The van der Waals surface area contributed by atoms with Crippen LogP contribution in [0.25, 0.3) is 66.1 Å². The summed E-state index contributed by atoms with van der Waals surface area (Å²) in [6.07, 6.45) is 0. The van der Waals surface area contributed by atoms with E-state index in [0.29, 0.717) is 0 Å². The lowest BCUT2D eigenvalue weighted by atomic mass is 9.93. The number of hydrogen-bond acceptors (Lipinski definition) is 3. The van der Waals surface area contributed by atoms with Crippen molar-refractivity contribution in [1.29, 1.82) is 0 Å². The van der Waals surface area contributed by atoms with Crippen LogP contribution in [0, 0.1) is 0 Å². The zero-order valence-electron chi connectivity index (χ0n) is 33.4. The largest absolute Gasteiger partial charge is 0.456 e. The Morgan fingerprint density at radius 2 is 0.639 bits per heavy atom. The maximum atomic E-state index is 6.33. The van der Waals surface area contributed by atoms with E-state index in [9.17, 15) is 0 Å². The van der Waals surface area contributed by atoms with E-state index in [4.69, 9.17) is 4.42 Å². The van der Waals surface area contributed by atoms with Crippen LogP contribution in [0.1, 0.15) is 0 Å². The minimum absolute atomic E-state index is 0.871. The zero-order valence-corrected chi connectivity index (χ0v) is 33.4. The first kappa shape index (κ1) is 36.0. The molecule has 0 aliphatic carbocycles. The summed E-state index contributed by atoms with van der Waals surface area (Å²) in [4.78, 5) is 4.62. The van der Waals surface area contributed by atoms with Gasteiger partial charge in [-0.25, -0.2) is 0 Å². The van der Waals surface area contributed by atoms with Crippen LogP contribution >= 0.6 is 0 Å². The van der Waals surface area contributed by atoms with Gasteiger partial charge in [-0.2, -0.15) is 0 Å². The molecule has 0 saturated carbocycles. The van der Waals surface area contributed by atoms with E-state index in [-0.39, 0.29) is 0 Å². The molecule has 11 rings (SSSR count). The monoisotopic (exact) mass is 780 g/mol. The van der Waals surface area contributed by atoms with Crippen LogP contribution in [0.3, 0.4) is 0 Å². The molecule has 61 heavy (non-hydrogen) atoms. The molecule has 0 radical (unpaired) electrons. The average molecular weight is 781 g/mol. The first-order valence-corrected chi connectivity index (χ1v) is 20.7. The fourth-order valence-corrected chi connectivity index (χ4v) is 8.58. The molecule has 1 heterocycles. The van der Waals surface area contributed by atoms with E-state index in [1.807, 2.05) is 12.1 Å². The van der Waals surface area contributed by atoms with E-state index >= 15 is 0 Å². The Kier molecular flexibility index (Phi) is 9.18. The quantitative estimate of drug-likeness (QED) is 0.145. The molecular formula is C58H40N2O. The highest BCUT2D eigenvalue weighted by Crippen LogP contribution is 2.41. The maximum Gasteiger partial charge on any atom is 0.137 e. The van der Waals surface area contributed by atoms with Gasteiger partial charge in [0.15, 0.2) is 0 Å². The van der Waals surface area contributed by atoms with Gasteiger partial charge in [0.1, 0.15) is 11.2 Å². The van der Waals surface area contributed by atoms with Gasteiger partial charge in [-0.1, -0.05) is 140 Å². The molecule has 10 aromatic carbocycles. The van der Waals surface area contributed by atoms with Crippen molar-refractivity contribution in [2.75, 3.05) is 9.80 Å². The molecule has 0 aliphatic rings. The van der Waals surface area contributed by atoms with Gasteiger partial charge in [0.25, 0.3) is 0 Å². The number of hydrogen-bond donors (Lipinski definition) is 0. The predicted molar refractivity (Wildman–Crippen MR) is 257 cm³/mol. The van der Waals surface area contributed by atoms with E-state index in [0.717, 1.165) is 78.3 Å². The number of benzene rings is 10. The van der Waals surface area contributed by atoms with E-state index < -0.39 is 0 Å². The predicted octanol–water partition coefficient (Wildman–Crippen LogP) is 16.7. The standard InChI is InChI=1S/C58H40N2O/c1-4-14-41(15-5-1)46-36-47(43-24-29-51(30-25-43)59(49-18-6-2-7-19-49)53-33-28-42-16-10-11-17-45(42)39-53)38-48(37-46)44-26-31-52(32-27-44)60(50-20-8-3-9-21-50)54-34-35-56-55-22-12-13-23-57(55)61-58(56)40-54/h1-40H. The first-order chi connectivity index (χ1) is 30.2. The summed E-state index contributed by atoms with van der Waals surface area (Å²) in [6.45, 7) is 0. The second-order valence-corrected chi connectivity index (χ2v) is 15.4. The van der Waals surface area contributed by atoms with Gasteiger partial charge in [0.05, 0.1) is 0 Å². The number of anilines is 6. The van der Waals surface area contributed by atoms with Gasteiger partial charge in [-0.05, 0) is 141 Å².